The van der Waals surface area contributed by atoms with Gasteiger partial charge in [0.05, 0.1) is 6.72 Å². The van der Waals surface area contributed by atoms with Crippen LogP contribution in [0.4, 0.5) is 0 Å². The topological polar surface area (TPSA) is 3.01 Å². The Hall–Kier alpha value is -2.84. The first-order valence-corrected chi connectivity index (χ1v) is 13.3. The minimum absolute atomic E-state index is 0.0479. The lowest BCUT2D eigenvalue weighted by atomic mass is 9.79. The van der Waals surface area contributed by atoms with Gasteiger partial charge in [-0.1, -0.05) is 107 Å². The zero-order valence-corrected chi connectivity index (χ0v) is 22.1. The molecule has 1 nitrogen and oxygen atoms in total. The quantitative estimate of drug-likeness (QED) is 0.160. The molecule has 0 bridgehead atoms. The first kappa shape index (κ1) is 22.9. The van der Waals surface area contributed by atoms with E-state index in [2.05, 4.69) is 114 Å². The van der Waals surface area contributed by atoms with Crippen molar-refractivity contribution >= 4 is 45.0 Å². The summed E-state index contributed by atoms with van der Waals surface area (Å²) in [5, 5.41) is 4.04. The zero-order chi connectivity index (χ0) is 24.2. The van der Waals surface area contributed by atoms with Crippen LogP contribution in [0.3, 0.4) is 0 Å². The third kappa shape index (κ3) is 3.60. The van der Waals surface area contributed by atoms with E-state index < -0.39 is 0 Å². The summed E-state index contributed by atoms with van der Waals surface area (Å²) < 4.78 is 3.45. The number of fused-ring (bicyclic) bond motifs is 4. The average molecular weight is 466 g/mol. The fraction of sp³-hybridized carbons (Fsp3) is 0.312. The highest BCUT2D eigenvalue weighted by molar-refractivity contribution is 7.19. The molecule has 0 aliphatic carbocycles. The monoisotopic (exact) mass is 465 g/mol. The first-order valence-electron chi connectivity index (χ1n) is 12.5. The van der Waals surface area contributed by atoms with Gasteiger partial charge in [0.1, 0.15) is 17.5 Å². The van der Waals surface area contributed by atoms with Crippen molar-refractivity contribution in [2.24, 2.45) is 0 Å². The van der Waals surface area contributed by atoms with Crippen LogP contribution in [-0.2, 0) is 5.41 Å². The first-order chi connectivity index (χ1) is 16.2. The van der Waals surface area contributed by atoms with Crippen molar-refractivity contribution in [3.63, 3.8) is 0 Å². The molecule has 0 saturated carbocycles. The van der Waals surface area contributed by atoms with Gasteiger partial charge in [-0.3, -0.25) is 4.58 Å². The van der Waals surface area contributed by atoms with E-state index in [9.17, 15) is 0 Å². The summed E-state index contributed by atoms with van der Waals surface area (Å²) in [6.07, 6.45) is 6.73. The molecule has 3 aromatic carbocycles. The molecular weight excluding hydrogens is 430 g/mol. The van der Waals surface area contributed by atoms with Crippen LogP contribution >= 0.6 is 11.3 Å². The predicted octanol–water partition coefficient (Wildman–Crippen LogP) is 9.19. The SMILES string of the molecule is C=[N+]1C=Cc2c([s+][c-]3cc(C(CC)CC)ccc23)[C-]1c1cc(C(C)(C)C)c2ccccc2c1C. The highest BCUT2D eigenvalue weighted by Gasteiger charge is 2.34. The molecule has 0 N–H and O–H groups in total. The summed E-state index contributed by atoms with van der Waals surface area (Å²) in [6, 6.07) is 19.6. The highest BCUT2D eigenvalue weighted by atomic mass is 32.1. The Morgan fingerprint density at radius 3 is 2.41 bits per heavy atom. The molecule has 0 atom stereocenters. The number of hydrogen-bond acceptors (Lipinski definition) is 0. The highest BCUT2D eigenvalue weighted by Crippen LogP contribution is 2.45. The molecule has 0 spiro atoms. The Balaban J connectivity index is 1.75. The molecule has 5 rings (SSSR count). The molecule has 0 fully saturated rings. The molecule has 0 amide bonds. The van der Waals surface area contributed by atoms with Gasteiger partial charge >= 0.3 is 0 Å². The maximum absolute atomic E-state index is 4.43. The molecule has 0 unspecified atom stereocenters. The van der Waals surface area contributed by atoms with Crippen molar-refractivity contribution in [1.82, 2.24) is 0 Å². The zero-order valence-electron chi connectivity index (χ0n) is 21.3. The minimum atomic E-state index is 0.0479. The van der Waals surface area contributed by atoms with Gasteiger partial charge in [0.15, 0.2) is 15.6 Å². The molecule has 0 radical (unpaired) electrons. The fourth-order valence-electron chi connectivity index (χ4n) is 5.52. The molecule has 34 heavy (non-hydrogen) atoms. The fourth-order valence-corrected chi connectivity index (χ4v) is 6.84. The van der Waals surface area contributed by atoms with Crippen LogP contribution in [0.25, 0.3) is 26.9 Å². The molecule has 174 valence electrons. The lowest BCUT2D eigenvalue weighted by Crippen LogP contribution is -2.20. The van der Waals surface area contributed by atoms with Gasteiger partial charge in [-0.2, -0.15) is 0 Å². The summed E-state index contributed by atoms with van der Waals surface area (Å²) in [6.45, 7) is 18.2. The van der Waals surface area contributed by atoms with Gasteiger partial charge in [-0.05, 0) is 39.3 Å². The third-order valence-electron chi connectivity index (χ3n) is 7.51. The number of thiophene rings is 1. The van der Waals surface area contributed by atoms with Gasteiger partial charge in [-0.25, -0.2) is 0 Å². The second-order valence-electron chi connectivity index (χ2n) is 10.6. The smallest absolute Gasteiger partial charge is 0.197 e. The Labute approximate surface area is 208 Å². The molecule has 0 saturated heterocycles. The van der Waals surface area contributed by atoms with Crippen molar-refractivity contribution in [3.05, 3.63) is 93.5 Å². The maximum Gasteiger partial charge on any atom is 0.197 e. The van der Waals surface area contributed by atoms with E-state index >= 15 is 0 Å². The molecule has 1 aliphatic heterocycles. The normalized spacial score (nSPS) is 14.0. The Kier molecular flexibility index (Phi) is 5.68. The van der Waals surface area contributed by atoms with Gasteiger partial charge in [0, 0.05) is 0 Å². The van der Waals surface area contributed by atoms with Gasteiger partial charge in [0.25, 0.3) is 0 Å². The number of aryl methyl sites for hydroxylation is 1. The molecule has 1 aliphatic rings. The van der Waals surface area contributed by atoms with Crippen LogP contribution in [0.15, 0.2) is 54.7 Å². The van der Waals surface area contributed by atoms with Crippen molar-refractivity contribution in [3.8, 4) is 0 Å². The molecule has 2 heterocycles. The van der Waals surface area contributed by atoms with Crippen molar-refractivity contribution in [2.45, 2.75) is 65.7 Å². The van der Waals surface area contributed by atoms with Crippen molar-refractivity contribution < 1.29 is 4.58 Å². The minimum Gasteiger partial charge on any atom is -0.257 e. The summed E-state index contributed by atoms with van der Waals surface area (Å²) in [5.74, 6) is 0.629. The Bertz CT molecular complexity index is 1440. The van der Waals surface area contributed by atoms with Crippen LogP contribution in [-0.4, -0.2) is 11.3 Å². The Morgan fingerprint density at radius 1 is 1.03 bits per heavy atom. The Morgan fingerprint density at radius 2 is 1.74 bits per heavy atom. The van der Waals surface area contributed by atoms with Crippen LogP contribution < -0.4 is 0 Å². The van der Waals surface area contributed by atoms with E-state index in [4.69, 9.17) is 0 Å². The summed E-state index contributed by atoms with van der Waals surface area (Å²) >= 11 is 1.92. The summed E-state index contributed by atoms with van der Waals surface area (Å²) in [7, 11) is 0. The lowest BCUT2D eigenvalue weighted by molar-refractivity contribution is -0.417. The third-order valence-corrected chi connectivity index (χ3v) is 8.69. The maximum atomic E-state index is 4.43. The predicted molar refractivity (Wildman–Crippen MR) is 150 cm³/mol. The number of rotatable bonds is 4. The van der Waals surface area contributed by atoms with E-state index in [0.29, 0.717) is 5.92 Å². The molecule has 2 heteroatoms. The average Bonchev–Trinajstić information content (AvgIpc) is 3.18. The summed E-state index contributed by atoms with van der Waals surface area (Å²) in [4.78, 5) is 1.33. The van der Waals surface area contributed by atoms with E-state index in [-0.39, 0.29) is 5.41 Å². The van der Waals surface area contributed by atoms with Crippen LogP contribution in [0, 0.1) is 13.0 Å². The van der Waals surface area contributed by atoms with Crippen molar-refractivity contribution in [2.75, 3.05) is 0 Å². The second-order valence-corrected chi connectivity index (χ2v) is 11.7. The summed E-state index contributed by atoms with van der Waals surface area (Å²) in [5.41, 5.74) is 6.84. The largest absolute Gasteiger partial charge is 0.257 e. The van der Waals surface area contributed by atoms with E-state index in [1.807, 2.05) is 11.3 Å². The van der Waals surface area contributed by atoms with Crippen LogP contribution in [0.2, 0.25) is 0 Å². The number of benzene rings is 3. The van der Waals surface area contributed by atoms with Gasteiger partial charge in [-0.15, -0.1) is 17.7 Å². The second kappa shape index (κ2) is 8.43. The molecular formula is C32H35NS. The lowest BCUT2D eigenvalue weighted by Gasteiger charge is -2.28. The molecule has 1 aromatic heterocycles. The van der Waals surface area contributed by atoms with E-state index in [0.717, 1.165) is 0 Å². The number of hydrogen-bond donors (Lipinski definition) is 0. The van der Waals surface area contributed by atoms with Crippen molar-refractivity contribution in [1.29, 1.82) is 0 Å². The van der Waals surface area contributed by atoms with Gasteiger partial charge < -0.3 is 0 Å². The standard InChI is InChI=1S/C32H35NS/c1-8-21(9-2)22-14-15-25-26-16-17-33(7)30(31(26)34-29(25)18-22)27-19-28(32(4,5)6)24-13-11-10-12-23(24)20(27)3/h10-19,21H,7-9H2,1-6H3. The van der Waals surface area contributed by atoms with Crippen LogP contribution in [0.5, 0.6) is 0 Å². The van der Waals surface area contributed by atoms with E-state index in [1.54, 1.807) is 0 Å². The van der Waals surface area contributed by atoms with Crippen LogP contribution in [0.1, 0.15) is 86.1 Å². The number of nitrogens with zero attached hydrogens (tertiary/aromatic N) is 1. The van der Waals surface area contributed by atoms with E-state index in [1.165, 1.54) is 72.4 Å². The molecule has 4 aromatic rings. The van der Waals surface area contributed by atoms with Gasteiger partial charge in [0.2, 0.25) is 0 Å².